The molecular formula is C18H27FN2O2. The zero-order chi connectivity index (χ0) is 16.9. The van der Waals surface area contributed by atoms with Crippen LogP contribution in [0.25, 0.3) is 0 Å². The van der Waals surface area contributed by atoms with Crippen LogP contribution in [0.15, 0.2) is 24.3 Å². The third-order valence-electron chi connectivity index (χ3n) is 4.87. The number of hydrogen-bond donors (Lipinski definition) is 2. The second-order valence-electron chi connectivity index (χ2n) is 7.00. The number of amides is 1. The summed E-state index contributed by atoms with van der Waals surface area (Å²) in [5.41, 5.74) is 0.103. The van der Waals surface area contributed by atoms with Crippen LogP contribution in [0.2, 0.25) is 0 Å². The largest absolute Gasteiger partial charge is 0.384 e. The number of benzene rings is 1. The van der Waals surface area contributed by atoms with Gasteiger partial charge in [-0.2, -0.15) is 0 Å². The minimum absolute atomic E-state index is 0.00542. The van der Waals surface area contributed by atoms with Crippen molar-refractivity contribution in [2.24, 2.45) is 5.41 Å². The van der Waals surface area contributed by atoms with Crippen LogP contribution in [0, 0.1) is 11.2 Å². The fourth-order valence-electron chi connectivity index (χ4n) is 3.12. The molecule has 0 unspecified atom stereocenters. The lowest BCUT2D eigenvalue weighted by atomic mass is 9.78. The summed E-state index contributed by atoms with van der Waals surface area (Å²) in [7, 11) is 1.70. The molecular weight excluding hydrogens is 295 g/mol. The highest BCUT2D eigenvalue weighted by molar-refractivity contribution is 5.87. The molecule has 0 spiro atoms. The van der Waals surface area contributed by atoms with Gasteiger partial charge in [-0.1, -0.05) is 12.1 Å². The molecule has 1 aromatic rings. The van der Waals surface area contributed by atoms with Crippen LogP contribution in [0.1, 0.15) is 32.3 Å². The summed E-state index contributed by atoms with van der Waals surface area (Å²) in [5, 5.41) is 6.43. The molecule has 23 heavy (non-hydrogen) atoms. The van der Waals surface area contributed by atoms with Gasteiger partial charge in [-0.15, -0.1) is 0 Å². The number of rotatable bonds is 6. The van der Waals surface area contributed by atoms with E-state index in [-0.39, 0.29) is 17.1 Å². The quantitative estimate of drug-likeness (QED) is 0.844. The molecule has 4 nitrogen and oxygen atoms in total. The first kappa shape index (κ1) is 17.9. The van der Waals surface area contributed by atoms with Gasteiger partial charge in [0.25, 0.3) is 0 Å². The lowest BCUT2D eigenvalue weighted by Crippen LogP contribution is -2.50. The van der Waals surface area contributed by atoms with Crippen molar-refractivity contribution < 1.29 is 13.9 Å². The molecule has 1 saturated heterocycles. The first-order valence-electron chi connectivity index (χ1n) is 8.14. The zero-order valence-corrected chi connectivity index (χ0v) is 14.2. The fraction of sp³-hybridized carbons (Fsp3) is 0.611. The van der Waals surface area contributed by atoms with E-state index in [1.54, 1.807) is 19.2 Å². The molecule has 1 amide bonds. The van der Waals surface area contributed by atoms with Gasteiger partial charge in [0.15, 0.2) is 0 Å². The topological polar surface area (TPSA) is 50.4 Å². The molecule has 0 bridgehead atoms. The van der Waals surface area contributed by atoms with E-state index in [0.29, 0.717) is 13.2 Å². The van der Waals surface area contributed by atoms with Gasteiger partial charge >= 0.3 is 0 Å². The highest BCUT2D eigenvalue weighted by Gasteiger charge is 2.35. The summed E-state index contributed by atoms with van der Waals surface area (Å²) >= 11 is 0. The minimum atomic E-state index is -0.700. The molecule has 1 aliphatic rings. The minimum Gasteiger partial charge on any atom is -0.384 e. The highest BCUT2D eigenvalue weighted by atomic mass is 19.1. The van der Waals surface area contributed by atoms with Crippen molar-refractivity contribution in [3.63, 3.8) is 0 Å². The van der Waals surface area contributed by atoms with E-state index in [9.17, 15) is 9.18 Å². The molecule has 0 saturated carbocycles. The molecule has 1 fully saturated rings. The molecule has 0 aromatic heterocycles. The maximum absolute atomic E-state index is 13.1. The average molecular weight is 322 g/mol. The maximum Gasteiger partial charge on any atom is 0.230 e. The summed E-state index contributed by atoms with van der Waals surface area (Å²) in [6, 6.07) is 6.13. The first-order chi connectivity index (χ1) is 10.9. The van der Waals surface area contributed by atoms with E-state index in [4.69, 9.17) is 4.74 Å². The Balaban J connectivity index is 2.03. The third kappa shape index (κ3) is 4.30. The number of carbonyl (C=O) groups excluding carboxylic acids is 1. The Morgan fingerprint density at radius 2 is 1.91 bits per heavy atom. The Bertz CT molecular complexity index is 517. The van der Waals surface area contributed by atoms with E-state index in [0.717, 1.165) is 31.5 Å². The summed E-state index contributed by atoms with van der Waals surface area (Å²) < 4.78 is 18.5. The zero-order valence-electron chi connectivity index (χ0n) is 14.2. The molecule has 128 valence electrons. The maximum atomic E-state index is 13.1. The van der Waals surface area contributed by atoms with Gasteiger partial charge in [0.05, 0.1) is 12.0 Å². The molecule has 2 N–H and O–H groups in total. The molecule has 1 heterocycles. The van der Waals surface area contributed by atoms with E-state index in [1.165, 1.54) is 12.1 Å². The standard InChI is InChI=1S/C18H27FN2O2/c1-17(2,14-4-6-15(19)7-5-14)16(22)21-12-18(13-23-3)8-10-20-11-9-18/h4-7,20H,8-13H2,1-3H3,(H,21,22). The van der Waals surface area contributed by atoms with Crippen LogP contribution in [-0.2, 0) is 14.9 Å². The molecule has 2 rings (SSSR count). The van der Waals surface area contributed by atoms with Crippen molar-refractivity contribution in [1.82, 2.24) is 10.6 Å². The Labute approximate surface area is 137 Å². The van der Waals surface area contributed by atoms with Crippen LogP contribution in [0.3, 0.4) is 0 Å². The van der Waals surface area contributed by atoms with Crippen molar-refractivity contribution in [2.45, 2.75) is 32.1 Å². The van der Waals surface area contributed by atoms with Gasteiger partial charge in [0.2, 0.25) is 5.91 Å². The van der Waals surface area contributed by atoms with Crippen LogP contribution < -0.4 is 10.6 Å². The van der Waals surface area contributed by atoms with Gasteiger partial charge < -0.3 is 15.4 Å². The predicted molar refractivity (Wildman–Crippen MR) is 88.8 cm³/mol. The van der Waals surface area contributed by atoms with Crippen molar-refractivity contribution in [2.75, 3.05) is 33.4 Å². The van der Waals surface area contributed by atoms with E-state index >= 15 is 0 Å². The number of carbonyl (C=O) groups is 1. The predicted octanol–water partition coefficient (Wildman–Crippen LogP) is 2.24. The van der Waals surface area contributed by atoms with Crippen LogP contribution in [0.5, 0.6) is 0 Å². The molecule has 1 aromatic carbocycles. The summed E-state index contributed by atoms with van der Waals surface area (Å²) in [4.78, 5) is 12.7. The molecule has 0 atom stereocenters. The molecule has 0 aliphatic carbocycles. The van der Waals surface area contributed by atoms with Gasteiger partial charge in [0, 0.05) is 19.1 Å². The van der Waals surface area contributed by atoms with Crippen molar-refractivity contribution in [3.8, 4) is 0 Å². The Kier molecular flexibility index (Phi) is 5.76. The van der Waals surface area contributed by atoms with Crippen LogP contribution in [-0.4, -0.2) is 39.3 Å². The third-order valence-corrected chi connectivity index (χ3v) is 4.87. The van der Waals surface area contributed by atoms with Crippen LogP contribution >= 0.6 is 0 Å². The Hall–Kier alpha value is -1.46. The normalized spacial score (nSPS) is 17.7. The number of halogens is 1. The summed E-state index contributed by atoms with van der Waals surface area (Å²) in [5.74, 6) is -0.336. The smallest absolute Gasteiger partial charge is 0.230 e. The SMILES string of the molecule is COCC1(CNC(=O)C(C)(C)c2ccc(F)cc2)CCNCC1. The summed E-state index contributed by atoms with van der Waals surface area (Å²) in [6.07, 6.45) is 1.97. The summed E-state index contributed by atoms with van der Waals surface area (Å²) in [6.45, 7) is 6.86. The van der Waals surface area contributed by atoms with E-state index < -0.39 is 5.41 Å². The molecule has 0 radical (unpaired) electrons. The van der Waals surface area contributed by atoms with Gasteiger partial charge in [-0.05, 0) is 57.5 Å². The first-order valence-corrected chi connectivity index (χ1v) is 8.14. The number of ether oxygens (including phenoxy) is 1. The van der Waals surface area contributed by atoms with Gasteiger partial charge in [0.1, 0.15) is 5.82 Å². The number of methoxy groups -OCH3 is 1. The highest BCUT2D eigenvalue weighted by Crippen LogP contribution is 2.29. The number of piperidine rings is 1. The molecule has 1 aliphatic heterocycles. The Morgan fingerprint density at radius 3 is 2.48 bits per heavy atom. The fourth-order valence-corrected chi connectivity index (χ4v) is 3.12. The van der Waals surface area contributed by atoms with E-state index in [2.05, 4.69) is 10.6 Å². The monoisotopic (exact) mass is 322 g/mol. The lowest BCUT2D eigenvalue weighted by Gasteiger charge is -2.38. The van der Waals surface area contributed by atoms with Crippen molar-refractivity contribution >= 4 is 5.91 Å². The Morgan fingerprint density at radius 1 is 1.30 bits per heavy atom. The lowest BCUT2D eigenvalue weighted by molar-refractivity contribution is -0.126. The van der Waals surface area contributed by atoms with Gasteiger partial charge in [-0.25, -0.2) is 4.39 Å². The number of nitrogens with one attached hydrogen (secondary N) is 2. The van der Waals surface area contributed by atoms with Crippen LogP contribution in [0.4, 0.5) is 4.39 Å². The molecule has 5 heteroatoms. The average Bonchev–Trinajstić information content (AvgIpc) is 2.54. The van der Waals surface area contributed by atoms with Crippen molar-refractivity contribution in [1.29, 1.82) is 0 Å². The second kappa shape index (κ2) is 7.41. The number of hydrogen-bond acceptors (Lipinski definition) is 3. The van der Waals surface area contributed by atoms with Crippen molar-refractivity contribution in [3.05, 3.63) is 35.6 Å². The van der Waals surface area contributed by atoms with Gasteiger partial charge in [-0.3, -0.25) is 4.79 Å². The van der Waals surface area contributed by atoms with E-state index in [1.807, 2.05) is 13.8 Å². The second-order valence-corrected chi connectivity index (χ2v) is 7.00.